The molecule has 1 aliphatic heterocycles. The largest absolute Gasteiger partial charge is 0.388 e. The fourth-order valence-electron chi connectivity index (χ4n) is 1.21. The van der Waals surface area contributed by atoms with Gasteiger partial charge in [0.05, 0.1) is 6.10 Å². The molecule has 0 aromatic carbocycles. The smallest absolute Gasteiger partial charge is 0.186 e. The number of rotatable bonds is 1. The highest BCUT2D eigenvalue weighted by atomic mass is 16.7. The van der Waals surface area contributed by atoms with E-state index in [1.807, 2.05) is 0 Å². The number of aliphatic hydroxyl groups excluding tert-OH is 3. The van der Waals surface area contributed by atoms with E-state index in [0.29, 0.717) is 0 Å². The first-order chi connectivity index (χ1) is 5.57. The monoisotopic (exact) mass is 178 g/mol. The van der Waals surface area contributed by atoms with Crippen molar-refractivity contribution in [2.24, 2.45) is 0 Å². The highest BCUT2D eigenvalue weighted by Crippen LogP contribution is 2.20. The molecule has 1 heterocycles. The Morgan fingerprint density at radius 1 is 1.08 bits per heavy atom. The van der Waals surface area contributed by atoms with E-state index in [2.05, 4.69) is 0 Å². The third-order valence-corrected chi connectivity index (χ3v) is 2.04. The average molecular weight is 178 g/mol. The zero-order valence-electron chi connectivity index (χ0n) is 7.04. The van der Waals surface area contributed by atoms with Crippen molar-refractivity contribution in [1.82, 2.24) is 0 Å². The highest BCUT2D eigenvalue weighted by molar-refractivity contribution is 4.86. The van der Waals surface area contributed by atoms with Gasteiger partial charge in [0.15, 0.2) is 6.29 Å². The van der Waals surface area contributed by atoms with Crippen LogP contribution in [0.1, 0.15) is 6.92 Å². The van der Waals surface area contributed by atoms with Gasteiger partial charge in [0, 0.05) is 7.11 Å². The van der Waals surface area contributed by atoms with Crippen molar-refractivity contribution in [3.8, 4) is 0 Å². The summed E-state index contributed by atoms with van der Waals surface area (Å²) in [4.78, 5) is 0. The van der Waals surface area contributed by atoms with E-state index in [-0.39, 0.29) is 0 Å². The first-order valence-corrected chi connectivity index (χ1v) is 3.80. The van der Waals surface area contributed by atoms with E-state index < -0.39 is 30.7 Å². The summed E-state index contributed by atoms with van der Waals surface area (Å²) in [6.45, 7) is 1.60. The number of hydrogen-bond acceptors (Lipinski definition) is 5. The van der Waals surface area contributed by atoms with Gasteiger partial charge in [-0.1, -0.05) is 0 Å². The van der Waals surface area contributed by atoms with E-state index in [1.165, 1.54) is 7.11 Å². The summed E-state index contributed by atoms with van der Waals surface area (Å²) in [5.74, 6) is 0. The highest BCUT2D eigenvalue weighted by Gasteiger charge is 2.41. The van der Waals surface area contributed by atoms with Crippen LogP contribution in [-0.4, -0.2) is 53.1 Å². The van der Waals surface area contributed by atoms with Crippen LogP contribution in [0.4, 0.5) is 0 Å². The van der Waals surface area contributed by atoms with Gasteiger partial charge < -0.3 is 24.8 Å². The molecule has 12 heavy (non-hydrogen) atoms. The van der Waals surface area contributed by atoms with Crippen LogP contribution in [0.15, 0.2) is 0 Å². The number of methoxy groups -OCH3 is 1. The lowest BCUT2D eigenvalue weighted by Gasteiger charge is -2.38. The van der Waals surface area contributed by atoms with Crippen LogP contribution in [0.2, 0.25) is 0 Å². The maximum absolute atomic E-state index is 9.27. The average Bonchev–Trinajstić information content (AvgIpc) is 2.08. The minimum atomic E-state index is -1.21. The molecule has 0 radical (unpaired) electrons. The number of aliphatic hydroxyl groups is 3. The van der Waals surface area contributed by atoms with Gasteiger partial charge in [0.2, 0.25) is 0 Å². The van der Waals surface area contributed by atoms with Crippen LogP contribution < -0.4 is 0 Å². The fourth-order valence-corrected chi connectivity index (χ4v) is 1.21. The van der Waals surface area contributed by atoms with E-state index in [4.69, 9.17) is 9.47 Å². The van der Waals surface area contributed by atoms with E-state index in [0.717, 1.165) is 0 Å². The Morgan fingerprint density at radius 2 is 1.67 bits per heavy atom. The normalized spacial score (nSPS) is 49.2. The van der Waals surface area contributed by atoms with Crippen LogP contribution in [0.5, 0.6) is 0 Å². The van der Waals surface area contributed by atoms with Crippen molar-refractivity contribution < 1.29 is 24.8 Å². The van der Waals surface area contributed by atoms with Crippen molar-refractivity contribution in [3.05, 3.63) is 0 Å². The second kappa shape index (κ2) is 3.68. The second-order valence-corrected chi connectivity index (χ2v) is 2.92. The van der Waals surface area contributed by atoms with E-state index in [1.54, 1.807) is 6.92 Å². The van der Waals surface area contributed by atoms with Gasteiger partial charge in [-0.3, -0.25) is 0 Å². The first-order valence-electron chi connectivity index (χ1n) is 3.80. The molecule has 3 N–H and O–H groups in total. The first kappa shape index (κ1) is 9.88. The molecular formula is C7H14O5. The molecule has 0 spiro atoms. The topological polar surface area (TPSA) is 79.2 Å². The van der Waals surface area contributed by atoms with Gasteiger partial charge in [-0.2, -0.15) is 0 Å². The Bertz CT molecular complexity index is 146. The minimum Gasteiger partial charge on any atom is -0.388 e. The van der Waals surface area contributed by atoms with Gasteiger partial charge >= 0.3 is 0 Å². The van der Waals surface area contributed by atoms with Gasteiger partial charge in [-0.25, -0.2) is 0 Å². The van der Waals surface area contributed by atoms with Crippen molar-refractivity contribution in [2.75, 3.05) is 7.11 Å². The molecule has 1 rings (SSSR count). The van der Waals surface area contributed by atoms with Gasteiger partial charge in [0.1, 0.15) is 18.3 Å². The standard InChI is InChI=1S/C7H14O5/c1-3-4(8)5(9)6(10)7(11-2)12-3/h3-10H,1-2H3/t3-,4+,5-,6-,7+/m1/s1. The van der Waals surface area contributed by atoms with Crippen LogP contribution in [0, 0.1) is 0 Å². The molecular weight excluding hydrogens is 164 g/mol. The minimum absolute atomic E-state index is 0.534. The van der Waals surface area contributed by atoms with Crippen molar-refractivity contribution in [2.45, 2.75) is 37.6 Å². The van der Waals surface area contributed by atoms with Crippen LogP contribution in [-0.2, 0) is 9.47 Å². The summed E-state index contributed by atoms with van der Waals surface area (Å²) in [6, 6.07) is 0. The molecule has 5 heteroatoms. The number of hydrogen-bond donors (Lipinski definition) is 3. The van der Waals surface area contributed by atoms with E-state index >= 15 is 0 Å². The summed E-state index contributed by atoms with van der Waals surface area (Å²) in [5, 5.41) is 27.8. The lowest BCUT2D eigenvalue weighted by molar-refractivity contribution is -0.286. The maximum Gasteiger partial charge on any atom is 0.186 e. The molecule has 0 aromatic rings. The molecule has 0 bridgehead atoms. The van der Waals surface area contributed by atoms with Crippen LogP contribution in [0.3, 0.4) is 0 Å². The lowest BCUT2D eigenvalue weighted by Crippen LogP contribution is -2.57. The molecule has 5 atom stereocenters. The molecule has 1 saturated heterocycles. The Labute approximate surface area is 70.5 Å². The van der Waals surface area contributed by atoms with Crippen LogP contribution in [0.25, 0.3) is 0 Å². The summed E-state index contributed by atoms with van der Waals surface area (Å²) in [5.41, 5.74) is 0. The van der Waals surface area contributed by atoms with Crippen molar-refractivity contribution >= 4 is 0 Å². The predicted molar refractivity (Wildman–Crippen MR) is 39.4 cm³/mol. The molecule has 0 aromatic heterocycles. The Hall–Kier alpha value is -0.200. The fraction of sp³-hybridized carbons (Fsp3) is 1.00. The van der Waals surface area contributed by atoms with E-state index in [9.17, 15) is 15.3 Å². The second-order valence-electron chi connectivity index (χ2n) is 2.92. The third-order valence-electron chi connectivity index (χ3n) is 2.04. The third kappa shape index (κ3) is 1.60. The van der Waals surface area contributed by atoms with Gasteiger partial charge in [-0.15, -0.1) is 0 Å². The summed E-state index contributed by atoms with van der Waals surface area (Å²) in [6.07, 6.45) is -4.86. The van der Waals surface area contributed by atoms with Crippen LogP contribution >= 0.6 is 0 Å². The summed E-state index contributed by atoms with van der Waals surface area (Å²) in [7, 11) is 1.37. The Balaban J connectivity index is 2.63. The zero-order chi connectivity index (χ0) is 9.30. The predicted octanol–water partition coefficient (Wildman–Crippen LogP) is -1.54. The van der Waals surface area contributed by atoms with Gasteiger partial charge in [-0.05, 0) is 6.92 Å². The molecule has 72 valence electrons. The molecule has 0 saturated carbocycles. The Kier molecular flexibility index (Phi) is 3.03. The lowest BCUT2D eigenvalue weighted by atomic mass is 10.0. The molecule has 1 aliphatic rings. The molecule has 5 nitrogen and oxygen atoms in total. The Morgan fingerprint density at radius 3 is 2.17 bits per heavy atom. The van der Waals surface area contributed by atoms with Gasteiger partial charge in [0.25, 0.3) is 0 Å². The molecule has 0 unspecified atom stereocenters. The molecule has 1 fully saturated rings. The summed E-state index contributed by atoms with van der Waals surface area (Å²) < 4.78 is 9.80. The van der Waals surface area contributed by atoms with Crippen molar-refractivity contribution in [3.63, 3.8) is 0 Å². The van der Waals surface area contributed by atoms with Crippen molar-refractivity contribution in [1.29, 1.82) is 0 Å². The maximum atomic E-state index is 9.27. The zero-order valence-corrected chi connectivity index (χ0v) is 7.04. The molecule has 0 amide bonds. The number of ether oxygens (including phenoxy) is 2. The summed E-state index contributed by atoms with van der Waals surface area (Å²) >= 11 is 0. The quantitative estimate of drug-likeness (QED) is 0.453. The molecule has 0 aliphatic carbocycles. The SMILES string of the molecule is CO[C@H]1O[C@H](C)[C@H](O)[C@@H](O)[C@H]1O.